The molecule has 0 bridgehead atoms. The number of piperazine rings is 1. The number of benzene rings is 1. The lowest BCUT2D eigenvalue weighted by atomic mass is 9.95. The molecule has 1 aliphatic rings. The predicted octanol–water partition coefficient (Wildman–Crippen LogP) is 3.87. The lowest BCUT2D eigenvalue weighted by Crippen LogP contribution is -2.46. The van der Waals surface area contributed by atoms with Crippen molar-refractivity contribution >= 4 is 12.4 Å². The third kappa shape index (κ3) is 4.99. The van der Waals surface area contributed by atoms with E-state index in [2.05, 4.69) is 5.32 Å². The molecule has 9 heteroatoms. The number of alkyl halides is 5. The van der Waals surface area contributed by atoms with E-state index in [1.54, 1.807) is 4.90 Å². The Balaban J connectivity index is 0.00000264. The van der Waals surface area contributed by atoms with Gasteiger partial charge in [-0.1, -0.05) is 12.1 Å². The van der Waals surface area contributed by atoms with Crippen molar-refractivity contribution in [2.24, 2.45) is 0 Å². The Hall–Kier alpha value is -0.990. The highest BCUT2D eigenvalue weighted by atomic mass is 35.5. The molecule has 132 valence electrons. The van der Waals surface area contributed by atoms with Gasteiger partial charge in [0.25, 0.3) is 0 Å². The van der Waals surface area contributed by atoms with E-state index in [9.17, 15) is 26.3 Å². The van der Waals surface area contributed by atoms with Crippen LogP contribution in [0.3, 0.4) is 0 Å². The van der Waals surface area contributed by atoms with E-state index in [4.69, 9.17) is 0 Å². The van der Waals surface area contributed by atoms with Gasteiger partial charge < -0.3 is 5.32 Å². The van der Waals surface area contributed by atoms with Crippen LogP contribution < -0.4 is 5.32 Å². The van der Waals surface area contributed by atoms with E-state index < -0.39 is 42.0 Å². The van der Waals surface area contributed by atoms with Crippen LogP contribution in [0.15, 0.2) is 18.2 Å². The molecule has 0 aliphatic carbocycles. The fourth-order valence-corrected chi connectivity index (χ4v) is 2.75. The molecule has 0 saturated carbocycles. The fourth-order valence-electron chi connectivity index (χ4n) is 2.75. The van der Waals surface area contributed by atoms with E-state index in [0.29, 0.717) is 32.2 Å². The first kappa shape index (κ1) is 20.1. The zero-order valence-electron chi connectivity index (χ0n) is 12.0. The summed E-state index contributed by atoms with van der Waals surface area (Å²) in [6, 6.07) is 1.75. The van der Waals surface area contributed by atoms with Crippen LogP contribution >= 0.6 is 12.4 Å². The first-order valence-corrected chi connectivity index (χ1v) is 6.89. The molecule has 1 aromatic carbocycles. The molecule has 23 heavy (non-hydrogen) atoms. The van der Waals surface area contributed by atoms with E-state index >= 15 is 0 Å². The third-order valence-electron chi connectivity index (χ3n) is 3.68. The quantitative estimate of drug-likeness (QED) is 0.818. The van der Waals surface area contributed by atoms with E-state index in [1.807, 2.05) is 0 Å². The Morgan fingerprint density at radius 1 is 1.13 bits per heavy atom. The highest BCUT2D eigenvalue weighted by molar-refractivity contribution is 5.85. The number of nitrogens with zero attached hydrogens (tertiary/aromatic N) is 1. The second-order valence-corrected chi connectivity index (χ2v) is 5.13. The second-order valence-electron chi connectivity index (χ2n) is 5.13. The van der Waals surface area contributed by atoms with Crippen LogP contribution in [0, 0.1) is 5.82 Å². The number of nitrogens with one attached hydrogen (secondary N) is 1. The maximum Gasteiger partial charge on any atom is 0.419 e. The molecule has 0 aromatic heterocycles. The van der Waals surface area contributed by atoms with E-state index in [0.717, 1.165) is 12.1 Å². The lowest BCUT2D eigenvalue weighted by molar-refractivity contribution is -0.141. The molecule has 1 fully saturated rings. The van der Waals surface area contributed by atoms with Gasteiger partial charge in [-0.05, 0) is 11.6 Å². The topological polar surface area (TPSA) is 15.3 Å². The van der Waals surface area contributed by atoms with Crippen molar-refractivity contribution in [2.75, 3.05) is 26.2 Å². The summed E-state index contributed by atoms with van der Waals surface area (Å²) in [4.78, 5) is 1.55. The van der Waals surface area contributed by atoms with Crippen molar-refractivity contribution in [1.82, 2.24) is 10.2 Å². The fraction of sp³-hybridized carbons (Fsp3) is 0.571. The summed E-state index contributed by atoms with van der Waals surface area (Å²) >= 11 is 0. The summed E-state index contributed by atoms with van der Waals surface area (Å²) in [5.41, 5.74) is -1.87. The van der Waals surface area contributed by atoms with Crippen LogP contribution in [0.4, 0.5) is 26.3 Å². The zero-order valence-corrected chi connectivity index (χ0v) is 12.9. The van der Waals surface area contributed by atoms with Crippen molar-refractivity contribution in [3.05, 3.63) is 35.1 Å². The van der Waals surface area contributed by atoms with Gasteiger partial charge in [0.1, 0.15) is 5.82 Å². The average molecular weight is 363 g/mol. The molecule has 2 nitrogen and oxygen atoms in total. The molecule has 0 radical (unpaired) electrons. The summed E-state index contributed by atoms with van der Waals surface area (Å²) in [5.74, 6) is -1.43. The first-order chi connectivity index (χ1) is 10.3. The van der Waals surface area contributed by atoms with Gasteiger partial charge >= 0.3 is 6.18 Å². The molecule has 0 unspecified atom stereocenters. The summed E-state index contributed by atoms with van der Waals surface area (Å²) in [5, 5.41) is 3.01. The lowest BCUT2D eigenvalue weighted by Gasteiger charge is -2.36. The summed E-state index contributed by atoms with van der Waals surface area (Å²) < 4.78 is 78.7. The third-order valence-corrected chi connectivity index (χ3v) is 3.68. The van der Waals surface area contributed by atoms with Crippen LogP contribution in [0.5, 0.6) is 0 Å². The van der Waals surface area contributed by atoms with Gasteiger partial charge in [-0.3, -0.25) is 4.90 Å². The zero-order chi connectivity index (χ0) is 16.3. The van der Waals surface area contributed by atoms with Gasteiger partial charge in [-0.2, -0.15) is 13.2 Å². The van der Waals surface area contributed by atoms with Gasteiger partial charge in [0.2, 0.25) is 6.43 Å². The number of hydrogen-bond donors (Lipinski definition) is 1. The molecular formula is C14H17ClF6N2. The molecule has 1 aromatic rings. The van der Waals surface area contributed by atoms with E-state index in [-0.39, 0.29) is 12.4 Å². The summed E-state index contributed by atoms with van der Waals surface area (Å²) in [6.07, 6.45) is -8.45. The Bertz CT molecular complexity index is 503. The second kappa shape index (κ2) is 8.21. The van der Waals surface area contributed by atoms with Gasteiger partial charge in [0.05, 0.1) is 5.56 Å². The Morgan fingerprint density at radius 2 is 1.74 bits per heavy atom. The largest absolute Gasteiger partial charge is 0.419 e. The minimum absolute atomic E-state index is 0. The number of hydrogen-bond acceptors (Lipinski definition) is 2. The molecule has 2 rings (SSSR count). The normalized spacial score (nSPS) is 17.9. The first-order valence-electron chi connectivity index (χ1n) is 6.89. The maximum absolute atomic E-state index is 13.7. The number of halogens is 7. The summed E-state index contributed by atoms with van der Waals surface area (Å²) in [7, 11) is 0. The monoisotopic (exact) mass is 362 g/mol. The molecule has 1 N–H and O–H groups in total. The van der Waals surface area contributed by atoms with Crippen molar-refractivity contribution in [2.45, 2.75) is 25.1 Å². The van der Waals surface area contributed by atoms with Crippen LogP contribution in [-0.2, 0) is 6.18 Å². The van der Waals surface area contributed by atoms with Crippen LogP contribution in [0.1, 0.15) is 23.6 Å². The van der Waals surface area contributed by atoms with Crippen molar-refractivity contribution < 1.29 is 26.3 Å². The van der Waals surface area contributed by atoms with Crippen LogP contribution in [0.2, 0.25) is 0 Å². The molecule has 1 heterocycles. The van der Waals surface area contributed by atoms with Crippen molar-refractivity contribution in [3.63, 3.8) is 0 Å². The van der Waals surface area contributed by atoms with Crippen LogP contribution in [-0.4, -0.2) is 37.5 Å². The van der Waals surface area contributed by atoms with Gasteiger partial charge in [0, 0.05) is 38.6 Å². The molecular weight excluding hydrogens is 346 g/mol. The molecule has 1 aliphatic heterocycles. The predicted molar refractivity (Wildman–Crippen MR) is 76.5 cm³/mol. The highest BCUT2D eigenvalue weighted by Crippen LogP contribution is 2.39. The summed E-state index contributed by atoms with van der Waals surface area (Å²) in [6.45, 7) is 1.67. The molecule has 0 amide bonds. The van der Waals surface area contributed by atoms with Crippen molar-refractivity contribution in [3.8, 4) is 0 Å². The molecule has 1 atom stereocenters. The van der Waals surface area contributed by atoms with Gasteiger partial charge in [0.15, 0.2) is 0 Å². The Labute approximate surface area is 136 Å². The Kier molecular flexibility index (Phi) is 7.16. The van der Waals surface area contributed by atoms with Crippen LogP contribution in [0.25, 0.3) is 0 Å². The minimum atomic E-state index is -4.92. The Morgan fingerprint density at radius 3 is 2.26 bits per heavy atom. The molecule has 1 saturated heterocycles. The smallest absolute Gasteiger partial charge is 0.314 e. The SMILES string of the molecule is Cl.Fc1cccc([C@@H](CC(F)F)N2CCNCC2)c1C(F)(F)F. The standard InChI is InChI=1S/C14H16F6N2.ClH/c15-10-3-1-2-9(13(10)14(18,19)20)11(8-12(16)17)22-6-4-21-5-7-22;/h1-3,11-12,21H,4-8H2;1H/t11-;/m1./s1. The average Bonchev–Trinajstić information content (AvgIpc) is 2.44. The molecule has 0 spiro atoms. The van der Waals surface area contributed by atoms with Crippen molar-refractivity contribution in [1.29, 1.82) is 0 Å². The highest BCUT2D eigenvalue weighted by Gasteiger charge is 2.40. The maximum atomic E-state index is 13.7. The minimum Gasteiger partial charge on any atom is -0.314 e. The number of rotatable bonds is 4. The van der Waals surface area contributed by atoms with Gasteiger partial charge in [-0.25, -0.2) is 13.2 Å². The van der Waals surface area contributed by atoms with E-state index in [1.165, 1.54) is 0 Å². The van der Waals surface area contributed by atoms with Gasteiger partial charge in [-0.15, -0.1) is 12.4 Å².